The summed E-state index contributed by atoms with van der Waals surface area (Å²) in [4.78, 5) is 10.5. The Bertz CT molecular complexity index is 752. The van der Waals surface area contributed by atoms with E-state index in [0.29, 0.717) is 8.95 Å². The molecule has 0 spiro atoms. The van der Waals surface area contributed by atoms with Crippen LogP contribution in [0.25, 0.3) is 5.57 Å². The number of nitro groups is 1. The van der Waals surface area contributed by atoms with Crippen LogP contribution >= 0.6 is 31.9 Å². The zero-order valence-electron chi connectivity index (χ0n) is 10.0. The number of halogens is 2. The van der Waals surface area contributed by atoms with Crippen molar-refractivity contribution in [3.63, 3.8) is 0 Å². The number of hydrogen-bond donors (Lipinski definition) is 2. The van der Waals surface area contributed by atoms with E-state index in [2.05, 4.69) is 57.8 Å². The van der Waals surface area contributed by atoms with E-state index in [4.69, 9.17) is 5.26 Å². The number of aromatic amines is 1. The summed E-state index contributed by atoms with van der Waals surface area (Å²) in [5.41, 5.74) is 0.130. The molecule has 0 aliphatic carbocycles. The number of nitro benzene ring substituents is 1. The van der Waals surface area contributed by atoms with Crippen LogP contribution in [0.5, 0.6) is 0 Å². The summed E-state index contributed by atoms with van der Waals surface area (Å²) in [5, 5.41) is 35.7. The Morgan fingerprint density at radius 3 is 2.86 bits per heavy atom. The van der Waals surface area contributed by atoms with Crippen LogP contribution in [0.1, 0.15) is 5.82 Å². The van der Waals surface area contributed by atoms with Gasteiger partial charge in [-0.05, 0) is 27.2 Å². The number of aromatic nitrogens is 4. The van der Waals surface area contributed by atoms with Crippen LogP contribution in [0.15, 0.2) is 27.3 Å². The van der Waals surface area contributed by atoms with E-state index < -0.39 is 4.92 Å². The Balaban J connectivity index is 2.40. The fourth-order valence-electron chi connectivity index (χ4n) is 1.41. The molecule has 0 saturated heterocycles. The molecule has 2 N–H and O–H groups in total. The summed E-state index contributed by atoms with van der Waals surface area (Å²) in [7, 11) is 0. The Morgan fingerprint density at radius 1 is 1.52 bits per heavy atom. The van der Waals surface area contributed by atoms with Crippen LogP contribution in [0.3, 0.4) is 0 Å². The standard InChI is InChI=1S/C10H5Br2N7O2/c11-6-1-7(12)9(8(2-6)19(20)21)14-4-5(3-13)10-15-17-18-16-10/h1-2,4,14H,(H,15,16,17,18). The molecule has 0 saturated carbocycles. The van der Waals surface area contributed by atoms with Gasteiger partial charge in [-0.3, -0.25) is 10.1 Å². The van der Waals surface area contributed by atoms with Gasteiger partial charge in [0, 0.05) is 21.2 Å². The second-order valence-electron chi connectivity index (χ2n) is 3.59. The molecule has 1 aromatic heterocycles. The largest absolute Gasteiger partial charge is 0.354 e. The molecule has 0 fully saturated rings. The Morgan fingerprint density at radius 2 is 2.29 bits per heavy atom. The minimum Gasteiger partial charge on any atom is -0.354 e. The van der Waals surface area contributed by atoms with Crippen molar-refractivity contribution in [1.82, 2.24) is 20.6 Å². The molecular formula is C10H5Br2N7O2. The first kappa shape index (κ1) is 15.1. The fraction of sp³-hybridized carbons (Fsp3) is 0. The average molecular weight is 415 g/mol. The van der Waals surface area contributed by atoms with Gasteiger partial charge < -0.3 is 5.32 Å². The minimum absolute atomic E-state index is 0.0767. The smallest absolute Gasteiger partial charge is 0.294 e. The zero-order valence-corrected chi connectivity index (χ0v) is 13.2. The minimum atomic E-state index is -0.536. The molecule has 9 nitrogen and oxygen atoms in total. The van der Waals surface area contributed by atoms with E-state index in [0.717, 1.165) is 0 Å². The molecule has 0 amide bonds. The maximum Gasteiger partial charge on any atom is 0.294 e. The zero-order chi connectivity index (χ0) is 15.4. The van der Waals surface area contributed by atoms with Gasteiger partial charge in [-0.1, -0.05) is 15.9 Å². The van der Waals surface area contributed by atoms with Crippen LogP contribution in [-0.2, 0) is 0 Å². The van der Waals surface area contributed by atoms with E-state index in [-0.39, 0.29) is 22.8 Å². The van der Waals surface area contributed by atoms with E-state index >= 15 is 0 Å². The van der Waals surface area contributed by atoms with Crippen molar-refractivity contribution >= 4 is 48.8 Å². The van der Waals surface area contributed by atoms with Gasteiger partial charge in [-0.25, -0.2) is 0 Å². The molecule has 0 aliphatic rings. The summed E-state index contributed by atoms with van der Waals surface area (Å²) in [6.45, 7) is 0. The monoisotopic (exact) mass is 413 g/mol. The number of rotatable bonds is 4. The van der Waals surface area contributed by atoms with E-state index in [1.165, 1.54) is 12.3 Å². The van der Waals surface area contributed by atoms with Crippen LogP contribution in [0.4, 0.5) is 11.4 Å². The summed E-state index contributed by atoms with van der Waals surface area (Å²) in [5.74, 6) is 0.0842. The van der Waals surface area contributed by atoms with Gasteiger partial charge in [0.1, 0.15) is 17.3 Å². The van der Waals surface area contributed by atoms with Gasteiger partial charge in [0.05, 0.1) is 4.92 Å². The number of hydrogen-bond acceptors (Lipinski definition) is 7. The summed E-state index contributed by atoms with van der Waals surface area (Å²) < 4.78 is 1.01. The molecule has 21 heavy (non-hydrogen) atoms. The molecule has 1 heterocycles. The number of tetrazole rings is 1. The molecule has 0 radical (unpaired) electrons. The van der Waals surface area contributed by atoms with Gasteiger partial charge in [-0.2, -0.15) is 10.5 Å². The third-order valence-corrected chi connectivity index (χ3v) is 3.38. The number of nitrogens with zero attached hydrogens (tertiary/aromatic N) is 5. The predicted octanol–water partition coefficient (Wildman–Crippen LogP) is 2.61. The van der Waals surface area contributed by atoms with Crippen LogP contribution in [0.2, 0.25) is 0 Å². The molecule has 2 rings (SSSR count). The highest BCUT2D eigenvalue weighted by atomic mass is 79.9. The van der Waals surface area contributed by atoms with Crippen LogP contribution in [0, 0.1) is 21.4 Å². The number of allylic oxidation sites excluding steroid dienone is 1. The first-order chi connectivity index (χ1) is 10.0. The van der Waals surface area contributed by atoms with Crippen molar-refractivity contribution in [2.45, 2.75) is 0 Å². The quantitative estimate of drug-likeness (QED) is 0.446. The highest BCUT2D eigenvalue weighted by Gasteiger charge is 2.18. The third kappa shape index (κ3) is 3.41. The lowest BCUT2D eigenvalue weighted by atomic mass is 10.2. The number of H-pyrrole nitrogens is 1. The van der Waals surface area contributed by atoms with Gasteiger partial charge >= 0.3 is 0 Å². The van der Waals surface area contributed by atoms with Crippen LogP contribution < -0.4 is 5.32 Å². The molecule has 0 bridgehead atoms. The molecule has 1 aromatic carbocycles. The molecular weight excluding hydrogens is 410 g/mol. The lowest BCUT2D eigenvalue weighted by molar-refractivity contribution is -0.384. The normalized spacial score (nSPS) is 11.0. The second-order valence-corrected chi connectivity index (χ2v) is 5.36. The molecule has 11 heteroatoms. The number of benzene rings is 1. The summed E-state index contributed by atoms with van der Waals surface area (Å²) in [6, 6.07) is 4.86. The van der Waals surface area contributed by atoms with E-state index in [1.54, 1.807) is 6.07 Å². The van der Waals surface area contributed by atoms with Crippen molar-refractivity contribution in [1.29, 1.82) is 5.26 Å². The van der Waals surface area contributed by atoms with Crippen molar-refractivity contribution in [3.05, 3.63) is 43.2 Å². The van der Waals surface area contributed by atoms with E-state index in [1.807, 2.05) is 6.07 Å². The number of anilines is 1. The van der Waals surface area contributed by atoms with Crippen molar-refractivity contribution < 1.29 is 4.92 Å². The van der Waals surface area contributed by atoms with Crippen molar-refractivity contribution in [2.24, 2.45) is 0 Å². The van der Waals surface area contributed by atoms with Crippen LogP contribution in [-0.4, -0.2) is 25.5 Å². The molecule has 106 valence electrons. The Labute approximate surface area is 134 Å². The van der Waals surface area contributed by atoms with Gasteiger partial charge in [0.25, 0.3) is 5.69 Å². The topological polar surface area (TPSA) is 133 Å². The first-order valence-corrected chi connectivity index (χ1v) is 6.85. The number of nitrogens with one attached hydrogen (secondary N) is 2. The van der Waals surface area contributed by atoms with Gasteiger partial charge in [0.15, 0.2) is 0 Å². The predicted molar refractivity (Wildman–Crippen MR) is 79.9 cm³/mol. The maximum atomic E-state index is 11.1. The highest BCUT2D eigenvalue weighted by molar-refractivity contribution is 9.11. The lowest BCUT2D eigenvalue weighted by Crippen LogP contribution is -1.99. The second kappa shape index (κ2) is 6.42. The molecule has 0 atom stereocenters. The summed E-state index contributed by atoms with van der Waals surface area (Å²) >= 11 is 6.41. The van der Waals surface area contributed by atoms with Crippen molar-refractivity contribution in [2.75, 3.05) is 5.32 Å². The SMILES string of the molecule is N#CC(=CNc1c(Br)cc(Br)cc1[N+](=O)[O-])c1nn[nH]n1. The molecule has 0 aliphatic heterocycles. The highest BCUT2D eigenvalue weighted by Crippen LogP contribution is 2.36. The maximum absolute atomic E-state index is 11.1. The Hall–Kier alpha value is -2.32. The number of nitriles is 1. The van der Waals surface area contributed by atoms with Gasteiger partial charge in [0.2, 0.25) is 5.82 Å². The fourth-order valence-corrected chi connectivity index (χ4v) is 2.73. The lowest BCUT2D eigenvalue weighted by Gasteiger charge is -2.06. The average Bonchev–Trinajstić information content (AvgIpc) is 2.94. The third-order valence-electron chi connectivity index (χ3n) is 2.30. The summed E-state index contributed by atoms with van der Waals surface area (Å²) in [6.07, 6.45) is 1.27. The molecule has 2 aromatic rings. The van der Waals surface area contributed by atoms with Gasteiger partial charge in [-0.15, -0.1) is 10.2 Å². The first-order valence-electron chi connectivity index (χ1n) is 5.27. The Kier molecular flexibility index (Phi) is 4.61. The van der Waals surface area contributed by atoms with E-state index in [9.17, 15) is 10.1 Å². The molecule has 0 unspecified atom stereocenters. The van der Waals surface area contributed by atoms with Crippen molar-refractivity contribution in [3.8, 4) is 6.07 Å².